The molecule has 0 aliphatic heterocycles. The lowest BCUT2D eigenvalue weighted by atomic mass is 10.0. The standard InChI is InChI=1S/C52H80O4/c1-4-6-8-10-12-14-16-18-20-21-23-25-27-29-43-54-45(3)46-31-33-49(34-32-46)52(53)56-51-41-37-48(38-42-51)47-35-39-50(40-36-47)55-44-30-28-26-24-22-19-17-15-13-11-9-7-5-2/h31-42,45H,4-30,43-44H2,1-3H3. The largest absolute Gasteiger partial charge is 0.494 e. The quantitative estimate of drug-likeness (QED) is 0.0340. The molecule has 0 N–H and O–H groups in total. The number of carbonyl (C=O) groups is 1. The molecule has 0 aliphatic carbocycles. The Bertz CT molecular complexity index is 1350. The predicted molar refractivity (Wildman–Crippen MR) is 239 cm³/mol. The molecule has 0 radical (unpaired) electrons. The summed E-state index contributed by atoms with van der Waals surface area (Å²) in [6, 6.07) is 23.6. The zero-order valence-electron chi connectivity index (χ0n) is 36.1. The first-order chi connectivity index (χ1) is 27.6. The Balaban J connectivity index is 1.22. The maximum absolute atomic E-state index is 12.9. The van der Waals surface area contributed by atoms with Gasteiger partial charge in [-0.05, 0) is 72.9 Å². The van der Waals surface area contributed by atoms with Gasteiger partial charge in [0.1, 0.15) is 11.5 Å². The van der Waals surface area contributed by atoms with E-state index in [4.69, 9.17) is 14.2 Å². The van der Waals surface area contributed by atoms with E-state index in [1.54, 1.807) is 0 Å². The fourth-order valence-corrected chi connectivity index (χ4v) is 7.48. The maximum Gasteiger partial charge on any atom is 0.343 e. The lowest BCUT2D eigenvalue weighted by molar-refractivity contribution is 0.0626. The number of ether oxygens (including phenoxy) is 3. The fraction of sp³-hybridized carbons (Fsp3) is 0.635. The van der Waals surface area contributed by atoms with Gasteiger partial charge in [-0.3, -0.25) is 0 Å². The molecule has 0 aromatic heterocycles. The molecular formula is C52H80O4. The van der Waals surface area contributed by atoms with Gasteiger partial charge in [0.25, 0.3) is 0 Å². The lowest BCUT2D eigenvalue weighted by Gasteiger charge is -2.14. The molecule has 0 bridgehead atoms. The van der Waals surface area contributed by atoms with Crippen molar-refractivity contribution in [1.82, 2.24) is 0 Å². The number of unbranched alkanes of at least 4 members (excludes halogenated alkanes) is 25. The van der Waals surface area contributed by atoms with Gasteiger partial charge in [-0.1, -0.05) is 211 Å². The molecule has 0 fully saturated rings. The van der Waals surface area contributed by atoms with Crippen molar-refractivity contribution in [3.63, 3.8) is 0 Å². The van der Waals surface area contributed by atoms with Gasteiger partial charge < -0.3 is 14.2 Å². The first kappa shape index (κ1) is 47.3. The van der Waals surface area contributed by atoms with E-state index in [-0.39, 0.29) is 12.1 Å². The summed E-state index contributed by atoms with van der Waals surface area (Å²) >= 11 is 0. The molecule has 0 aliphatic rings. The van der Waals surface area contributed by atoms with Crippen LogP contribution in [0.5, 0.6) is 11.5 Å². The number of hydrogen-bond donors (Lipinski definition) is 0. The van der Waals surface area contributed by atoms with Crippen molar-refractivity contribution in [1.29, 1.82) is 0 Å². The second kappa shape index (κ2) is 31.9. The highest BCUT2D eigenvalue weighted by atomic mass is 16.5. The minimum Gasteiger partial charge on any atom is -0.494 e. The normalized spacial score (nSPS) is 11.8. The van der Waals surface area contributed by atoms with Gasteiger partial charge >= 0.3 is 5.97 Å². The lowest BCUT2D eigenvalue weighted by Crippen LogP contribution is -2.09. The average Bonchev–Trinajstić information content (AvgIpc) is 3.23. The Labute approximate surface area is 343 Å². The van der Waals surface area contributed by atoms with Crippen molar-refractivity contribution in [2.24, 2.45) is 0 Å². The number of esters is 1. The van der Waals surface area contributed by atoms with E-state index in [2.05, 4.69) is 32.9 Å². The zero-order chi connectivity index (χ0) is 39.7. The molecule has 0 heterocycles. The summed E-state index contributed by atoms with van der Waals surface area (Å²) in [4.78, 5) is 12.9. The summed E-state index contributed by atoms with van der Waals surface area (Å²) in [6.45, 7) is 8.20. The molecule has 1 unspecified atom stereocenters. The van der Waals surface area contributed by atoms with Crippen LogP contribution in [0.2, 0.25) is 0 Å². The van der Waals surface area contributed by atoms with Crippen LogP contribution in [0.15, 0.2) is 72.8 Å². The highest BCUT2D eigenvalue weighted by molar-refractivity contribution is 5.91. The average molecular weight is 769 g/mol. The maximum atomic E-state index is 12.9. The molecule has 56 heavy (non-hydrogen) atoms. The summed E-state index contributed by atoms with van der Waals surface area (Å²) < 4.78 is 17.8. The third kappa shape index (κ3) is 22.0. The summed E-state index contributed by atoms with van der Waals surface area (Å²) in [7, 11) is 0. The third-order valence-corrected chi connectivity index (χ3v) is 11.3. The van der Waals surface area contributed by atoms with Crippen LogP contribution in [0.25, 0.3) is 11.1 Å². The highest BCUT2D eigenvalue weighted by Gasteiger charge is 2.12. The zero-order valence-corrected chi connectivity index (χ0v) is 36.1. The van der Waals surface area contributed by atoms with Gasteiger partial charge in [-0.2, -0.15) is 0 Å². The van der Waals surface area contributed by atoms with Gasteiger partial charge in [0.2, 0.25) is 0 Å². The van der Waals surface area contributed by atoms with Crippen LogP contribution in [0, 0.1) is 0 Å². The van der Waals surface area contributed by atoms with E-state index >= 15 is 0 Å². The molecule has 0 saturated heterocycles. The van der Waals surface area contributed by atoms with E-state index in [1.807, 2.05) is 60.7 Å². The Kier molecular flexibility index (Phi) is 26.9. The van der Waals surface area contributed by atoms with E-state index in [1.165, 1.54) is 161 Å². The van der Waals surface area contributed by atoms with Gasteiger partial charge in [0.05, 0.1) is 18.3 Å². The van der Waals surface area contributed by atoms with Gasteiger partial charge in [0, 0.05) is 6.61 Å². The van der Waals surface area contributed by atoms with E-state index in [9.17, 15) is 4.79 Å². The first-order valence-corrected chi connectivity index (χ1v) is 23.4. The van der Waals surface area contributed by atoms with Crippen molar-refractivity contribution >= 4 is 5.97 Å². The van der Waals surface area contributed by atoms with Gasteiger partial charge in [0.15, 0.2) is 0 Å². The molecule has 3 aromatic carbocycles. The summed E-state index contributed by atoms with van der Waals surface area (Å²) in [5.41, 5.74) is 3.78. The van der Waals surface area contributed by atoms with Crippen molar-refractivity contribution in [2.45, 2.75) is 200 Å². The molecule has 4 nitrogen and oxygen atoms in total. The minimum absolute atomic E-state index is 0.000667. The van der Waals surface area contributed by atoms with Crippen LogP contribution in [0.4, 0.5) is 0 Å². The summed E-state index contributed by atoms with van der Waals surface area (Å²) in [5, 5.41) is 0. The molecular weight excluding hydrogens is 689 g/mol. The fourth-order valence-electron chi connectivity index (χ4n) is 7.48. The van der Waals surface area contributed by atoms with Gasteiger partial charge in [-0.15, -0.1) is 0 Å². The molecule has 312 valence electrons. The van der Waals surface area contributed by atoms with Crippen molar-refractivity contribution in [3.8, 4) is 22.6 Å². The van der Waals surface area contributed by atoms with Crippen molar-refractivity contribution < 1.29 is 19.0 Å². The van der Waals surface area contributed by atoms with Crippen LogP contribution in [0.3, 0.4) is 0 Å². The molecule has 0 amide bonds. The number of rotatable bonds is 35. The number of benzene rings is 3. The Hall–Kier alpha value is -3.11. The number of hydrogen-bond acceptors (Lipinski definition) is 4. The molecule has 3 aromatic rings. The van der Waals surface area contributed by atoms with E-state index < -0.39 is 0 Å². The van der Waals surface area contributed by atoms with Crippen molar-refractivity contribution in [2.75, 3.05) is 13.2 Å². The third-order valence-electron chi connectivity index (χ3n) is 11.3. The predicted octanol–water partition coefficient (Wildman–Crippen LogP) is 16.6. The highest BCUT2D eigenvalue weighted by Crippen LogP contribution is 2.26. The second-order valence-electron chi connectivity index (χ2n) is 16.3. The second-order valence-corrected chi connectivity index (χ2v) is 16.3. The smallest absolute Gasteiger partial charge is 0.343 e. The van der Waals surface area contributed by atoms with Crippen LogP contribution in [-0.4, -0.2) is 19.2 Å². The topological polar surface area (TPSA) is 44.8 Å². The Morgan fingerprint density at radius 1 is 0.429 bits per heavy atom. The minimum atomic E-state index is -0.356. The Morgan fingerprint density at radius 3 is 1.20 bits per heavy atom. The van der Waals surface area contributed by atoms with Gasteiger partial charge in [-0.25, -0.2) is 4.79 Å². The van der Waals surface area contributed by atoms with E-state index in [0.29, 0.717) is 11.3 Å². The number of carbonyl (C=O) groups excluding carboxylic acids is 1. The molecule has 3 rings (SSSR count). The SMILES string of the molecule is CCCCCCCCCCCCCCCCOC(C)c1ccc(C(=O)Oc2ccc(-c3ccc(OCCCCCCCCCCCCCCC)cc3)cc2)cc1. The van der Waals surface area contributed by atoms with Crippen LogP contribution in [-0.2, 0) is 4.74 Å². The summed E-state index contributed by atoms with van der Waals surface area (Å²) in [5.74, 6) is 1.09. The molecule has 0 spiro atoms. The van der Waals surface area contributed by atoms with Crippen molar-refractivity contribution in [3.05, 3.63) is 83.9 Å². The first-order valence-electron chi connectivity index (χ1n) is 23.4. The molecule has 4 heteroatoms. The Morgan fingerprint density at radius 2 is 0.786 bits per heavy atom. The van der Waals surface area contributed by atoms with Crippen LogP contribution < -0.4 is 9.47 Å². The molecule has 0 saturated carbocycles. The summed E-state index contributed by atoms with van der Waals surface area (Å²) in [6.07, 6.45) is 36.6. The molecule has 1 atom stereocenters. The van der Waals surface area contributed by atoms with E-state index in [0.717, 1.165) is 48.5 Å². The monoisotopic (exact) mass is 769 g/mol. The van der Waals surface area contributed by atoms with Crippen LogP contribution >= 0.6 is 0 Å². The van der Waals surface area contributed by atoms with Crippen LogP contribution in [0.1, 0.15) is 216 Å².